The molecule has 0 aliphatic rings. The molecule has 0 aliphatic carbocycles. The molecule has 3 nitrogen and oxygen atoms in total. The van der Waals surface area contributed by atoms with Crippen molar-refractivity contribution in [1.29, 1.82) is 0 Å². The van der Waals surface area contributed by atoms with Crippen LogP contribution in [0.4, 0.5) is 0 Å². The lowest BCUT2D eigenvalue weighted by atomic mass is 10.0. The molecule has 1 N–H and O–H groups in total. The zero-order valence-electron chi connectivity index (χ0n) is 13.4. The average Bonchev–Trinajstić information content (AvgIpc) is 2.61. The van der Waals surface area contributed by atoms with Crippen LogP contribution in [-0.2, 0) is 4.74 Å². The highest BCUT2D eigenvalue weighted by atomic mass is 16.5. The summed E-state index contributed by atoms with van der Waals surface area (Å²) in [5, 5.41) is 12.2. The maximum absolute atomic E-state index is 11.7. The van der Waals surface area contributed by atoms with Gasteiger partial charge in [0, 0.05) is 5.56 Å². The molecule has 3 aromatic rings. The SMILES string of the molecule is CCOC(=O)c1ccc(C=Cc2c(O)ccc3ccccc23)cc1. The number of phenols is 1. The molecular formula is C21H18O3. The van der Waals surface area contributed by atoms with Crippen molar-refractivity contribution in [3.63, 3.8) is 0 Å². The van der Waals surface area contributed by atoms with E-state index in [1.807, 2.05) is 54.6 Å². The third-order valence-corrected chi connectivity index (χ3v) is 3.81. The molecule has 0 spiro atoms. The summed E-state index contributed by atoms with van der Waals surface area (Å²) in [6.07, 6.45) is 3.80. The van der Waals surface area contributed by atoms with Gasteiger partial charge in [-0.3, -0.25) is 0 Å². The summed E-state index contributed by atoms with van der Waals surface area (Å²) in [6.45, 7) is 2.15. The van der Waals surface area contributed by atoms with Gasteiger partial charge in [-0.2, -0.15) is 0 Å². The van der Waals surface area contributed by atoms with Crippen molar-refractivity contribution in [2.45, 2.75) is 6.92 Å². The summed E-state index contributed by atoms with van der Waals surface area (Å²) >= 11 is 0. The van der Waals surface area contributed by atoms with Crippen LogP contribution < -0.4 is 0 Å². The number of carbonyl (C=O) groups is 1. The Morgan fingerprint density at radius 3 is 2.50 bits per heavy atom. The van der Waals surface area contributed by atoms with Crippen molar-refractivity contribution in [2.24, 2.45) is 0 Å². The predicted molar refractivity (Wildman–Crippen MR) is 96.9 cm³/mol. The molecule has 0 aliphatic heterocycles. The highest BCUT2D eigenvalue weighted by Gasteiger charge is 2.06. The van der Waals surface area contributed by atoms with E-state index in [1.54, 1.807) is 25.1 Å². The fourth-order valence-corrected chi connectivity index (χ4v) is 2.58. The normalized spacial score (nSPS) is 11.0. The number of rotatable bonds is 4. The van der Waals surface area contributed by atoms with Gasteiger partial charge in [-0.05, 0) is 41.5 Å². The number of aromatic hydroxyl groups is 1. The summed E-state index contributed by atoms with van der Waals surface area (Å²) in [7, 11) is 0. The van der Waals surface area contributed by atoms with Crippen molar-refractivity contribution in [3.05, 3.63) is 77.4 Å². The van der Waals surface area contributed by atoms with Crippen molar-refractivity contribution in [1.82, 2.24) is 0 Å². The summed E-state index contributed by atoms with van der Waals surface area (Å²) in [4.78, 5) is 11.7. The van der Waals surface area contributed by atoms with Crippen LogP contribution in [0.3, 0.4) is 0 Å². The number of phenolic OH excluding ortho intramolecular Hbond substituents is 1. The van der Waals surface area contributed by atoms with Crippen molar-refractivity contribution < 1.29 is 14.6 Å². The van der Waals surface area contributed by atoms with Gasteiger partial charge < -0.3 is 9.84 Å². The number of carbonyl (C=O) groups excluding carboxylic acids is 1. The molecule has 0 atom stereocenters. The second-order valence-electron chi connectivity index (χ2n) is 5.40. The Labute approximate surface area is 140 Å². The number of esters is 1. The fraction of sp³-hybridized carbons (Fsp3) is 0.0952. The number of benzene rings is 3. The van der Waals surface area contributed by atoms with Gasteiger partial charge in [-0.15, -0.1) is 0 Å². The summed E-state index contributed by atoms with van der Waals surface area (Å²) in [5.41, 5.74) is 2.25. The van der Waals surface area contributed by atoms with E-state index in [9.17, 15) is 9.90 Å². The fourth-order valence-electron chi connectivity index (χ4n) is 2.58. The quantitative estimate of drug-likeness (QED) is 0.550. The highest BCUT2D eigenvalue weighted by Crippen LogP contribution is 2.28. The van der Waals surface area contributed by atoms with Crippen molar-refractivity contribution >= 4 is 28.9 Å². The Balaban J connectivity index is 1.89. The largest absolute Gasteiger partial charge is 0.507 e. The van der Waals surface area contributed by atoms with Gasteiger partial charge >= 0.3 is 5.97 Å². The Hall–Kier alpha value is -3.07. The van der Waals surface area contributed by atoms with Crippen LogP contribution in [0.5, 0.6) is 5.75 Å². The lowest BCUT2D eigenvalue weighted by Crippen LogP contribution is -2.03. The zero-order valence-corrected chi connectivity index (χ0v) is 13.4. The standard InChI is InChI=1S/C21H18O3/c1-2-24-21(23)17-10-7-15(8-11-17)9-13-19-18-6-4-3-5-16(18)12-14-20(19)22/h3-14,22H,2H2,1H3. The van der Waals surface area contributed by atoms with E-state index in [1.165, 1.54) is 0 Å². The number of hydrogen-bond donors (Lipinski definition) is 1. The number of ether oxygens (including phenoxy) is 1. The maximum Gasteiger partial charge on any atom is 0.338 e. The van der Waals surface area contributed by atoms with Crippen molar-refractivity contribution in [3.8, 4) is 5.75 Å². The van der Waals surface area contributed by atoms with Crippen molar-refractivity contribution in [2.75, 3.05) is 6.61 Å². The minimum atomic E-state index is -0.320. The molecule has 120 valence electrons. The number of fused-ring (bicyclic) bond motifs is 1. The molecule has 0 aromatic heterocycles. The molecule has 0 heterocycles. The molecule has 3 aromatic carbocycles. The average molecular weight is 318 g/mol. The van der Waals surface area contributed by atoms with Gasteiger partial charge in [0.05, 0.1) is 12.2 Å². The van der Waals surface area contributed by atoms with E-state index in [0.717, 1.165) is 21.9 Å². The monoisotopic (exact) mass is 318 g/mol. The third-order valence-electron chi connectivity index (χ3n) is 3.81. The van der Waals surface area contributed by atoms with E-state index in [0.29, 0.717) is 12.2 Å². The first-order valence-corrected chi connectivity index (χ1v) is 7.85. The Morgan fingerprint density at radius 1 is 1.00 bits per heavy atom. The van der Waals surface area contributed by atoms with E-state index in [2.05, 4.69) is 0 Å². The molecule has 24 heavy (non-hydrogen) atoms. The van der Waals surface area contributed by atoms with E-state index >= 15 is 0 Å². The summed E-state index contributed by atoms with van der Waals surface area (Å²) in [6, 6.07) is 18.7. The molecule has 3 heteroatoms. The van der Waals surface area contributed by atoms with Gasteiger partial charge in [0.2, 0.25) is 0 Å². The Morgan fingerprint density at radius 2 is 1.75 bits per heavy atom. The summed E-state index contributed by atoms with van der Waals surface area (Å²) in [5.74, 6) is -0.0761. The zero-order chi connectivity index (χ0) is 16.9. The van der Waals surface area contributed by atoms with Crippen LogP contribution in [0.15, 0.2) is 60.7 Å². The first-order valence-electron chi connectivity index (χ1n) is 7.85. The van der Waals surface area contributed by atoms with Gasteiger partial charge in [0.25, 0.3) is 0 Å². The minimum Gasteiger partial charge on any atom is -0.507 e. The smallest absolute Gasteiger partial charge is 0.338 e. The van der Waals surface area contributed by atoms with Crippen LogP contribution >= 0.6 is 0 Å². The van der Waals surface area contributed by atoms with E-state index < -0.39 is 0 Å². The van der Waals surface area contributed by atoms with E-state index in [4.69, 9.17) is 4.74 Å². The number of hydrogen-bond acceptors (Lipinski definition) is 3. The molecule has 0 amide bonds. The first-order chi connectivity index (χ1) is 11.7. The maximum atomic E-state index is 11.7. The van der Waals surface area contributed by atoms with Crippen LogP contribution in [0.1, 0.15) is 28.4 Å². The highest BCUT2D eigenvalue weighted by molar-refractivity contribution is 5.95. The molecule has 0 saturated carbocycles. The molecule has 0 unspecified atom stereocenters. The van der Waals surface area contributed by atoms with Gasteiger partial charge in [-0.1, -0.05) is 54.6 Å². The molecule has 0 saturated heterocycles. The molecule has 3 rings (SSSR count). The van der Waals surface area contributed by atoms with Crippen LogP contribution in [0.2, 0.25) is 0 Å². The van der Waals surface area contributed by atoms with Gasteiger partial charge in [0.1, 0.15) is 5.75 Å². The van der Waals surface area contributed by atoms with Crippen LogP contribution in [0, 0.1) is 0 Å². The topological polar surface area (TPSA) is 46.5 Å². The molecule has 0 radical (unpaired) electrons. The second-order valence-corrected chi connectivity index (χ2v) is 5.40. The Kier molecular flexibility index (Phi) is 4.62. The lowest BCUT2D eigenvalue weighted by molar-refractivity contribution is 0.0526. The second kappa shape index (κ2) is 7.01. The minimum absolute atomic E-state index is 0.244. The van der Waals surface area contributed by atoms with Gasteiger partial charge in [0.15, 0.2) is 0 Å². The predicted octanol–water partition coefficient (Wildman–Crippen LogP) is 4.89. The Bertz CT molecular complexity index is 893. The lowest BCUT2D eigenvalue weighted by Gasteiger charge is -2.05. The third kappa shape index (κ3) is 3.30. The van der Waals surface area contributed by atoms with Crippen LogP contribution in [0.25, 0.3) is 22.9 Å². The van der Waals surface area contributed by atoms with Gasteiger partial charge in [-0.25, -0.2) is 4.79 Å². The van der Waals surface area contributed by atoms with Crippen LogP contribution in [-0.4, -0.2) is 17.7 Å². The summed E-state index contributed by atoms with van der Waals surface area (Å²) < 4.78 is 4.97. The molecule has 0 fully saturated rings. The first kappa shape index (κ1) is 15.8. The van der Waals surface area contributed by atoms with E-state index in [-0.39, 0.29) is 11.7 Å². The molecular weight excluding hydrogens is 300 g/mol. The molecule has 0 bridgehead atoms.